The minimum atomic E-state index is 0.217. The zero-order valence-corrected chi connectivity index (χ0v) is 11.7. The van der Waals surface area contributed by atoms with Crippen molar-refractivity contribution in [3.8, 4) is 0 Å². The van der Waals surface area contributed by atoms with Crippen LogP contribution in [0.5, 0.6) is 0 Å². The van der Waals surface area contributed by atoms with E-state index in [1.807, 2.05) is 0 Å². The van der Waals surface area contributed by atoms with Crippen LogP contribution in [0, 0.1) is 5.92 Å². The summed E-state index contributed by atoms with van der Waals surface area (Å²) >= 11 is 0. The van der Waals surface area contributed by atoms with E-state index in [0.29, 0.717) is 11.9 Å². The molecule has 3 heteroatoms. The fourth-order valence-corrected chi connectivity index (χ4v) is 2.39. The number of rotatable bonds is 6. The third kappa shape index (κ3) is 4.30. The summed E-state index contributed by atoms with van der Waals surface area (Å²) in [6.45, 7) is 9.39. The van der Waals surface area contributed by atoms with Crippen LogP contribution in [0.4, 0.5) is 0 Å². The molecular weight excluding hydrogens is 212 g/mol. The first-order valence-electron chi connectivity index (χ1n) is 7.21. The fourth-order valence-electron chi connectivity index (χ4n) is 2.39. The monoisotopic (exact) mass is 240 g/mol. The van der Waals surface area contributed by atoms with Gasteiger partial charge in [-0.15, -0.1) is 0 Å². The first kappa shape index (κ1) is 14.5. The van der Waals surface area contributed by atoms with Crippen molar-refractivity contribution >= 4 is 5.91 Å². The summed E-state index contributed by atoms with van der Waals surface area (Å²) in [5, 5.41) is 3.34. The van der Waals surface area contributed by atoms with Gasteiger partial charge < -0.3 is 10.2 Å². The summed E-state index contributed by atoms with van der Waals surface area (Å²) in [5.41, 5.74) is 0. The SMILES string of the molecule is CCCCN(C(=O)C1CCCNC1)C(C)CC. The molecule has 2 unspecified atom stereocenters. The average molecular weight is 240 g/mol. The van der Waals surface area contributed by atoms with Gasteiger partial charge in [0.25, 0.3) is 0 Å². The molecule has 0 bridgehead atoms. The number of hydrogen-bond acceptors (Lipinski definition) is 2. The first-order valence-corrected chi connectivity index (χ1v) is 7.21. The Hall–Kier alpha value is -0.570. The molecule has 100 valence electrons. The van der Waals surface area contributed by atoms with Crippen LogP contribution in [0.2, 0.25) is 0 Å². The molecule has 1 aliphatic rings. The Kier molecular flexibility index (Phi) is 6.56. The highest BCUT2D eigenvalue weighted by molar-refractivity contribution is 5.79. The number of carbonyl (C=O) groups excluding carboxylic acids is 1. The van der Waals surface area contributed by atoms with Crippen LogP contribution >= 0.6 is 0 Å². The second-order valence-corrected chi connectivity index (χ2v) is 5.19. The normalized spacial score (nSPS) is 22.2. The van der Waals surface area contributed by atoms with Gasteiger partial charge in [-0.2, -0.15) is 0 Å². The zero-order valence-electron chi connectivity index (χ0n) is 11.7. The third-order valence-corrected chi connectivity index (χ3v) is 3.80. The molecule has 1 saturated heterocycles. The molecule has 0 saturated carbocycles. The molecule has 3 nitrogen and oxygen atoms in total. The zero-order chi connectivity index (χ0) is 12.7. The van der Waals surface area contributed by atoms with Gasteiger partial charge in [-0.3, -0.25) is 4.79 Å². The second-order valence-electron chi connectivity index (χ2n) is 5.19. The van der Waals surface area contributed by atoms with Gasteiger partial charge in [-0.25, -0.2) is 0 Å². The largest absolute Gasteiger partial charge is 0.340 e. The Morgan fingerprint density at radius 1 is 1.47 bits per heavy atom. The summed E-state index contributed by atoms with van der Waals surface area (Å²) < 4.78 is 0. The van der Waals surface area contributed by atoms with Crippen molar-refractivity contribution in [2.45, 2.75) is 58.9 Å². The third-order valence-electron chi connectivity index (χ3n) is 3.80. The maximum atomic E-state index is 12.5. The average Bonchev–Trinajstić information content (AvgIpc) is 2.39. The second kappa shape index (κ2) is 7.70. The summed E-state index contributed by atoms with van der Waals surface area (Å²) in [6, 6.07) is 0.385. The van der Waals surface area contributed by atoms with Gasteiger partial charge in [-0.1, -0.05) is 20.3 Å². The lowest BCUT2D eigenvalue weighted by Crippen LogP contribution is -2.46. The molecule has 0 aliphatic carbocycles. The van der Waals surface area contributed by atoms with Crippen molar-refractivity contribution in [1.29, 1.82) is 0 Å². The van der Waals surface area contributed by atoms with E-state index in [2.05, 4.69) is 31.0 Å². The van der Waals surface area contributed by atoms with Crippen LogP contribution in [0.3, 0.4) is 0 Å². The molecule has 0 spiro atoms. The van der Waals surface area contributed by atoms with E-state index in [1.54, 1.807) is 0 Å². The standard InChI is InChI=1S/C14H28N2O/c1-4-6-10-16(12(3)5-2)14(17)13-8-7-9-15-11-13/h12-13,15H,4-11H2,1-3H3. The number of unbranched alkanes of at least 4 members (excludes halogenated alkanes) is 1. The number of nitrogens with zero attached hydrogens (tertiary/aromatic N) is 1. The van der Waals surface area contributed by atoms with Crippen molar-refractivity contribution in [3.05, 3.63) is 0 Å². The number of piperidine rings is 1. The fraction of sp³-hybridized carbons (Fsp3) is 0.929. The lowest BCUT2D eigenvalue weighted by atomic mass is 9.97. The van der Waals surface area contributed by atoms with Crippen LogP contribution in [-0.2, 0) is 4.79 Å². The van der Waals surface area contributed by atoms with Gasteiger partial charge in [0.15, 0.2) is 0 Å². The van der Waals surface area contributed by atoms with E-state index in [4.69, 9.17) is 0 Å². The Morgan fingerprint density at radius 3 is 2.76 bits per heavy atom. The van der Waals surface area contributed by atoms with Gasteiger partial charge in [0.05, 0.1) is 5.92 Å². The summed E-state index contributed by atoms with van der Waals surface area (Å²) in [5.74, 6) is 0.592. The molecule has 1 heterocycles. The quantitative estimate of drug-likeness (QED) is 0.773. The van der Waals surface area contributed by atoms with E-state index in [9.17, 15) is 4.79 Å². The van der Waals surface area contributed by atoms with Crippen molar-refractivity contribution < 1.29 is 4.79 Å². The minimum Gasteiger partial charge on any atom is -0.340 e. The van der Waals surface area contributed by atoms with Gasteiger partial charge in [0.1, 0.15) is 0 Å². The van der Waals surface area contributed by atoms with E-state index < -0.39 is 0 Å². The van der Waals surface area contributed by atoms with Gasteiger partial charge in [0, 0.05) is 19.1 Å². The van der Waals surface area contributed by atoms with Crippen LogP contribution in [0.15, 0.2) is 0 Å². The van der Waals surface area contributed by atoms with Crippen molar-refractivity contribution in [2.75, 3.05) is 19.6 Å². The lowest BCUT2D eigenvalue weighted by molar-refractivity contribution is -0.138. The number of carbonyl (C=O) groups is 1. The molecule has 1 fully saturated rings. The molecule has 0 radical (unpaired) electrons. The summed E-state index contributed by atoms with van der Waals surface area (Å²) in [4.78, 5) is 14.6. The van der Waals surface area contributed by atoms with E-state index >= 15 is 0 Å². The topological polar surface area (TPSA) is 32.3 Å². The van der Waals surface area contributed by atoms with E-state index in [0.717, 1.165) is 51.7 Å². The highest BCUT2D eigenvalue weighted by Crippen LogP contribution is 2.17. The Bertz CT molecular complexity index is 224. The first-order chi connectivity index (χ1) is 8.20. The molecule has 1 N–H and O–H groups in total. The molecule has 1 rings (SSSR count). The number of nitrogens with one attached hydrogen (secondary N) is 1. The molecule has 0 aromatic rings. The van der Waals surface area contributed by atoms with Crippen LogP contribution < -0.4 is 5.32 Å². The smallest absolute Gasteiger partial charge is 0.227 e. The molecular formula is C14H28N2O. The van der Waals surface area contributed by atoms with Crippen molar-refractivity contribution in [1.82, 2.24) is 10.2 Å². The summed E-state index contributed by atoms with van der Waals surface area (Å²) in [7, 11) is 0. The maximum Gasteiger partial charge on any atom is 0.227 e. The van der Waals surface area contributed by atoms with E-state index in [-0.39, 0.29) is 5.92 Å². The molecule has 0 aromatic carbocycles. The molecule has 2 atom stereocenters. The Labute approximate surface area is 106 Å². The minimum absolute atomic E-state index is 0.217. The van der Waals surface area contributed by atoms with Gasteiger partial charge in [0.2, 0.25) is 5.91 Å². The highest BCUT2D eigenvalue weighted by Gasteiger charge is 2.27. The lowest BCUT2D eigenvalue weighted by Gasteiger charge is -2.33. The van der Waals surface area contributed by atoms with Crippen LogP contribution in [0.1, 0.15) is 52.9 Å². The number of hydrogen-bond donors (Lipinski definition) is 1. The molecule has 0 aromatic heterocycles. The maximum absolute atomic E-state index is 12.5. The highest BCUT2D eigenvalue weighted by atomic mass is 16.2. The van der Waals surface area contributed by atoms with Crippen molar-refractivity contribution in [2.24, 2.45) is 5.92 Å². The molecule has 1 amide bonds. The molecule has 17 heavy (non-hydrogen) atoms. The van der Waals surface area contributed by atoms with E-state index in [1.165, 1.54) is 0 Å². The van der Waals surface area contributed by atoms with Gasteiger partial charge >= 0.3 is 0 Å². The van der Waals surface area contributed by atoms with Crippen LogP contribution in [-0.4, -0.2) is 36.5 Å². The van der Waals surface area contributed by atoms with Crippen LogP contribution in [0.25, 0.3) is 0 Å². The Morgan fingerprint density at radius 2 is 2.24 bits per heavy atom. The van der Waals surface area contributed by atoms with Gasteiger partial charge in [-0.05, 0) is 39.2 Å². The predicted octanol–water partition coefficient (Wildman–Crippen LogP) is 2.41. The summed E-state index contributed by atoms with van der Waals surface area (Å²) in [6.07, 6.45) is 5.53. The number of amides is 1. The Balaban J connectivity index is 2.56. The van der Waals surface area contributed by atoms with Crippen molar-refractivity contribution in [3.63, 3.8) is 0 Å². The predicted molar refractivity (Wildman–Crippen MR) is 72.0 cm³/mol. The molecule has 1 aliphatic heterocycles.